The quantitative estimate of drug-likeness (QED) is 0.642. The molecule has 0 atom stereocenters. The number of rotatable bonds is 7. The maximum atomic E-state index is 11.4. The largest absolute Gasteiger partial charge is 0.480 e. The highest BCUT2D eigenvalue weighted by molar-refractivity contribution is 5.78. The van der Waals surface area contributed by atoms with Crippen LogP contribution in [-0.4, -0.2) is 60.3 Å². The van der Waals surface area contributed by atoms with Gasteiger partial charge in [-0.15, -0.1) is 0 Å². The molecule has 0 aromatic carbocycles. The Morgan fingerprint density at radius 3 is 2.65 bits per heavy atom. The van der Waals surface area contributed by atoms with E-state index in [1.54, 1.807) is 0 Å². The van der Waals surface area contributed by atoms with Crippen LogP contribution in [0.25, 0.3) is 0 Å². The van der Waals surface area contributed by atoms with E-state index in [0.29, 0.717) is 26.2 Å². The number of carboxylic acid groups (broad SMARTS) is 1. The monoisotopic (exact) mass is 244 g/mol. The van der Waals surface area contributed by atoms with Crippen molar-refractivity contribution in [1.29, 1.82) is 0 Å². The Morgan fingerprint density at radius 2 is 2.12 bits per heavy atom. The van der Waals surface area contributed by atoms with E-state index in [1.165, 1.54) is 0 Å². The van der Waals surface area contributed by atoms with E-state index in [9.17, 15) is 9.59 Å². The van der Waals surface area contributed by atoms with E-state index >= 15 is 0 Å². The molecule has 1 heterocycles. The maximum Gasteiger partial charge on any atom is 0.329 e. The highest BCUT2D eigenvalue weighted by atomic mass is 16.5. The molecule has 2 N–H and O–H groups in total. The molecule has 1 aliphatic rings. The molecule has 6 nitrogen and oxygen atoms in total. The van der Waals surface area contributed by atoms with E-state index in [0.717, 1.165) is 6.42 Å². The van der Waals surface area contributed by atoms with E-state index in [-0.39, 0.29) is 12.5 Å². The Kier molecular flexibility index (Phi) is 4.89. The molecule has 1 fully saturated rings. The Hall–Kier alpha value is -1.14. The van der Waals surface area contributed by atoms with Crippen molar-refractivity contribution >= 4 is 11.9 Å². The molecule has 1 saturated heterocycles. The Labute approximate surface area is 101 Å². The minimum Gasteiger partial charge on any atom is -0.480 e. The number of aliphatic carboxylic acids is 1. The zero-order valence-corrected chi connectivity index (χ0v) is 10.4. The lowest BCUT2D eigenvalue weighted by atomic mass is 9.96. The van der Waals surface area contributed by atoms with Crippen LogP contribution in [-0.2, 0) is 14.3 Å². The summed E-state index contributed by atoms with van der Waals surface area (Å²) >= 11 is 0. The van der Waals surface area contributed by atoms with Gasteiger partial charge in [-0.2, -0.15) is 0 Å². The fourth-order valence-corrected chi connectivity index (χ4v) is 1.86. The zero-order chi connectivity index (χ0) is 12.9. The molecule has 0 unspecified atom stereocenters. The lowest BCUT2D eigenvalue weighted by Gasteiger charge is -2.46. The van der Waals surface area contributed by atoms with Crippen molar-refractivity contribution < 1.29 is 19.4 Å². The zero-order valence-electron chi connectivity index (χ0n) is 10.4. The summed E-state index contributed by atoms with van der Waals surface area (Å²) in [4.78, 5) is 23.7. The number of ether oxygens (including phenoxy) is 1. The Morgan fingerprint density at radius 1 is 1.47 bits per heavy atom. The van der Waals surface area contributed by atoms with Crippen molar-refractivity contribution in [3.05, 3.63) is 0 Å². The summed E-state index contributed by atoms with van der Waals surface area (Å²) in [6.07, 6.45) is 0.922. The number of nitrogens with zero attached hydrogens (tertiary/aromatic N) is 1. The topological polar surface area (TPSA) is 78.9 Å². The number of carboxylic acids is 1. The molecule has 0 aliphatic carbocycles. The Balaban J connectivity index is 2.17. The third kappa shape index (κ3) is 4.70. The van der Waals surface area contributed by atoms with Gasteiger partial charge >= 0.3 is 5.97 Å². The van der Waals surface area contributed by atoms with Crippen molar-refractivity contribution in [2.75, 3.05) is 32.8 Å². The summed E-state index contributed by atoms with van der Waals surface area (Å²) in [5.41, 5.74) is -0.427. The normalized spacial score (nSPS) is 18.5. The van der Waals surface area contributed by atoms with Crippen molar-refractivity contribution in [2.45, 2.75) is 25.9 Å². The third-order valence-corrected chi connectivity index (χ3v) is 2.60. The second kappa shape index (κ2) is 5.97. The molecule has 0 spiro atoms. The molecule has 0 radical (unpaired) electrons. The number of amides is 1. The van der Waals surface area contributed by atoms with Crippen LogP contribution in [0.3, 0.4) is 0 Å². The van der Waals surface area contributed by atoms with Gasteiger partial charge in [0.15, 0.2) is 0 Å². The van der Waals surface area contributed by atoms with Crippen LogP contribution in [0, 0.1) is 0 Å². The van der Waals surface area contributed by atoms with Gasteiger partial charge in [-0.25, -0.2) is 4.79 Å². The summed E-state index contributed by atoms with van der Waals surface area (Å²) < 4.78 is 5.25. The molecular weight excluding hydrogens is 224 g/mol. The van der Waals surface area contributed by atoms with Gasteiger partial charge in [0.05, 0.1) is 12.1 Å². The maximum absolute atomic E-state index is 11.4. The van der Waals surface area contributed by atoms with Gasteiger partial charge in [-0.05, 0) is 13.3 Å². The van der Waals surface area contributed by atoms with E-state index in [2.05, 4.69) is 5.32 Å². The van der Waals surface area contributed by atoms with Crippen LogP contribution in [0.2, 0.25) is 0 Å². The summed E-state index contributed by atoms with van der Waals surface area (Å²) in [6.45, 7) is 5.81. The first kappa shape index (κ1) is 13.9. The van der Waals surface area contributed by atoms with Crippen LogP contribution >= 0.6 is 0 Å². The fourth-order valence-electron chi connectivity index (χ4n) is 1.86. The van der Waals surface area contributed by atoms with Gasteiger partial charge < -0.3 is 15.2 Å². The summed E-state index contributed by atoms with van der Waals surface area (Å²) in [5, 5.41) is 11.3. The van der Waals surface area contributed by atoms with Gasteiger partial charge in [0, 0.05) is 19.6 Å². The van der Waals surface area contributed by atoms with Crippen LogP contribution in [0.4, 0.5) is 0 Å². The molecule has 98 valence electrons. The van der Waals surface area contributed by atoms with Gasteiger partial charge in [-0.3, -0.25) is 9.69 Å². The summed E-state index contributed by atoms with van der Waals surface area (Å²) in [5.74, 6) is -0.961. The number of nitrogens with one attached hydrogen (secondary N) is 1. The van der Waals surface area contributed by atoms with Crippen LogP contribution in [0.15, 0.2) is 0 Å². The van der Waals surface area contributed by atoms with Crippen molar-refractivity contribution in [3.63, 3.8) is 0 Å². The second-order valence-corrected chi connectivity index (χ2v) is 4.63. The molecule has 0 aromatic rings. The number of carbonyl (C=O) groups is 2. The standard InChI is InChI=1S/C11H20N2O4/c1-3-4-12-9(14)5-13-7-11(2,8-13)17-6-10(15)16/h3-8H2,1-2H3,(H,12,14)(H,15,16). The van der Waals surface area contributed by atoms with Crippen LogP contribution < -0.4 is 5.32 Å². The first-order chi connectivity index (χ1) is 7.95. The molecule has 1 rings (SSSR count). The number of likely N-dealkylation sites (tertiary alicyclic amines) is 1. The summed E-state index contributed by atoms with van der Waals surface area (Å²) in [6, 6.07) is 0. The lowest BCUT2D eigenvalue weighted by molar-refractivity contribution is -0.166. The minimum absolute atomic E-state index is 0.00661. The van der Waals surface area contributed by atoms with Crippen LogP contribution in [0.5, 0.6) is 0 Å². The predicted molar refractivity (Wildman–Crippen MR) is 61.7 cm³/mol. The van der Waals surface area contributed by atoms with Gasteiger partial charge in [0.2, 0.25) is 5.91 Å². The van der Waals surface area contributed by atoms with E-state index in [4.69, 9.17) is 9.84 Å². The smallest absolute Gasteiger partial charge is 0.329 e. The first-order valence-electron chi connectivity index (χ1n) is 5.80. The molecule has 6 heteroatoms. The summed E-state index contributed by atoms with van der Waals surface area (Å²) in [7, 11) is 0. The molecule has 17 heavy (non-hydrogen) atoms. The fraction of sp³-hybridized carbons (Fsp3) is 0.818. The number of carbonyl (C=O) groups excluding carboxylic acids is 1. The van der Waals surface area contributed by atoms with Gasteiger partial charge in [0.1, 0.15) is 6.61 Å². The highest BCUT2D eigenvalue weighted by Gasteiger charge is 2.40. The van der Waals surface area contributed by atoms with E-state index < -0.39 is 11.6 Å². The van der Waals surface area contributed by atoms with Crippen molar-refractivity contribution in [2.24, 2.45) is 0 Å². The third-order valence-electron chi connectivity index (χ3n) is 2.60. The molecule has 1 aliphatic heterocycles. The lowest BCUT2D eigenvalue weighted by Crippen LogP contribution is -2.63. The molecule has 0 saturated carbocycles. The van der Waals surface area contributed by atoms with Crippen molar-refractivity contribution in [1.82, 2.24) is 10.2 Å². The van der Waals surface area contributed by atoms with Crippen molar-refractivity contribution in [3.8, 4) is 0 Å². The minimum atomic E-state index is -0.967. The highest BCUT2D eigenvalue weighted by Crippen LogP contribution is 2.23. The molecular formula is C11H20N2O4. The first-order valence-corrected chi connectivity index (χ1v) is 5.80. The molecule has 0 bridgehead atoms. The Bertz CT molecular complexity index is 287. The average Bonchev–Trinajstić information content (AvgIpc) is 2.21. The van der Waals surface area contributed by atoms with E-state index in [1.807, 2.05) is 18.7 Å². The van der Waals surface area contributed by atoms with Gasteiger partial charge in [-0.1, -0.05) is 6.92 Å². The number of hydrogen-bond donors (Lipinski definition) is 2. The van der Waals surface area contributed by atoms with Crippen LogP contribution in [0.1, 0.15) is 20.3 Å². The average molecular weight is 244 g/mol. The molecule has 1 amide bonds. The second-order valence-electron chi connectivity index (χ2n) is 4.63. The number of hydrogen-bond acceptors (Lipinski definition) is 4. The molecule has 0 aromatic heterocycles. The predicted octanol–water partition coefficient (Wildman–Crippen LogP) is -0.312. The SMILES string of the molecule is CCCNC(=O)CN1CC(C)(OCC(=O)O)C1. The van der Waals surface area contributed by atoms with Gasteiger partial charge in [0.25, 0.3) is 0 Å².